The van der Waals surface area contributed by atoms with Crippen molar-refractivity contribution >= 4 is 49.3 Å². The molecule has 0 atom stereocenters. The molecule has 216 valence electrons. The predicted octanol–water partition coefficient (Wildman–Crippen LogP) is 11.3. The molecule has 0 radical (unpaired) electrons. The van der Waals surface area contributed by atoms with Gasteiger partial charge >= 0.3 is 0 Å². The number of benzene rings is 6. The standard InChI is InChI=1S/C40H27F2N3/c1-23-10-13-32-33-14-11-24(2)18-37(33)44(36(32)17-23)35-16-15-29(26-20-27(41)22-28(42)21-26)40(39(35)43-4)45-34-8-6-5-7-30(34)31-12-9-25(3)19-38(31)45/h5-22H,1-3H3. The number of hydrogen-bond acceptors (Lipinski definition) is 0. The van der Waals surface area contributed by atoms with E-state index in [0.717, 1.165) is 66.4 Å². The van der Waals surface area contributed by atoms with E-state index in [1.54, 1.807) is 0 Å². The van der Waals surface area contributed by atoms with E-state index < -0.39 is 11.6 Å². The Labute approximate surface area is 259 Å². The first kappa shape index (κ1) is 26.9. The van der Waals surface area contributed by atoms with Crippen LogP contribution in [0.1, 0.15) is 16.7 Å². The van der Waals surface area contributed by atoms with Crippen molar-refractivity contribution in [1.82, 2.24) is 9.13 Å². The van der Waals surface area contributed by atoms with E-state index in [1.165, 1.54) is 12.1 Å². The molecule has 0 aliphatic heterocycles. The molecular formula is C40H27F2N3. The summed E-state index contributed by atoms with van der Waals surface area (Å²) in [5, 5.41) is 4.26. The lowest BCUT2D eigenvalue weighted by atomic mass is 10.00. The Morgan fingerprint density at radius 3 is 1.60 bits per heavy atom. The first-order valence-corrected chi connectivity index (χ1v) is 14.9. The highest BCUT2D eigenvalue weighted by molar-refractivity contribution is 6.12. The summed E-state index contributed by atoms with van der Waals surface area (Å²) < 4.78 is 33.7. The van der Waals surface area contributed by atoms with Crippen LogP contribution in [0.15, 0.2) is 109 Å². The SMILES string of the molecule is [C-]#[N+]c1c(-n2c3cc(C)ccc3c3ccc(C)cc32)ccc(-c2cc(F)cc(F)c2)c1-n1c2ccccc2c2ccc(C)cc21. The largest absolute Gasteiger partial charge is 0.319 e. The fourth-order valence-corrected chi connectivity index (χ4v) is 6.85. The van der Waals surface area contributed by atoms with Crippen LogP contribution in [-0.2, 0) is 0 Å². The molecule has 2 aromatic heterocycles. The Balaban J connectivity index is 1.59. The highest BCUT2D eigenvalue weighted by atomic mass is 19.1. The summed E-state index contributed by atoms with van der Waals surface area (Å²) >= 11 is 0. The molecule has 5 heteroatoms. The predicted molar refractivity (Wildman–Crippen MR) is 181 cm³/mol. The summed E-state index contributed by atoms with van der Waals surface area (Å²) in [7, 11) is 0. The molecule has 0 fully saturated rings. The van der Waals surface area contributed by atoms with Crippen molar-refractivity contribution < 1.29 is 8.78 Å². The molecule has 3 nitrogen and oxygen atoms in total. The van der Waals surface area contributed by atoms with Crippen molar-refractivity contribution in [1.29, 1.82) is 0 Å². The van der Waals surface area contributed by atoms with Crippen LogP contribution < -0.4 is 0 Å². The monoisotopic (exact) mass is 587 g/mol. The average molecular weight is 588 g/mol. The Morgan fingerprint density at radius 1 is 0.533 bits per heavy atom. The Hall–Kier alpha value is -5.73. The molecule has 2 heterocycles. The number of para-hydroxylation sites is 1. The Kier molecular flexibility index (Phi) is 5.91. The van der Waals surface area contributed by atoms with Gasteiger partial charge in [0.05, 0.1) is 40.0 Å². The van der Waals surface area contributed by atoms with Crippen molar-refractivity contribution in [3.8, 4) is 22.5 Å². The molecule has 0 spiro atoms. The number of halogens is 2. The zero-order valence-electron chi connectivity index (χ0n) is 25.0. The third-order valence-corrected chi connectivity index (χ3v) is 8.79. The summed E-state index contributed by atoms with van der Waals surface area (Å²) in [5.41, 5.74) is 9.72. The summed E-state index contributed by atoms with van der Waals surface area (Å²) in [5.74, 6) is -1.34. The number of aryl methyl sites for hydroxylation is 3. The summed E-state index contributed by atoms with van der Waals surface area (Å²) in [4.78, 5) is 4.23. The van der Waals surface area contributed by atoms with Gasteiger partial charge in [-0.1, -0.05) is 60.7 Å². The van der Waals surface area contributed by atoms with Crippen molar-refractivity contribution in [3.05, 3.63) is 149 Å². The van der Waals surface area contributed by atoms with Gasteiger partial charge in [-0.3, -0.25) is 0 Å². The molecular weight excluding hydrogens is 560 g/mol. The quantitative estimate of drug-likeness (QED) is 0.183. The van der Waals surface area contributed by atoms with E-state index in [-0.39, 0.29) is 0 Å². The van der Waals surface area contributed by atoms with Crippen molar-refractivity contribution in [2.45, 2.75) is 20.8 Å². The fourth-order valence-electron chi connectivity index (χ4n) is 6.85. The first-order chi connectivity index (χ1) is 21.8. The lowest BCUT2D eigenvalue weighted by molar-refractivity contribution is 0.584. The number of hydrogen-bond donors (Lipinski definition) is 0. The summed E-state index contributed by atoms with van der Waals surface area (Å²) in [6.07, 6.45) is 0. The van der Waals surface area contributed by atoms with Gasteiger partial charge in [-0.15, -0.1) is 0 Å². The molecule has 0 saturated carbocycles. The molecule has 0 N–H and O–H groups in total. The molecule has 8 rings (SSSR count). The van der Waals surface area contributed by atoms with Gasteiger partial charge in [-0.2, -0.15) is 0 Å². The average Bonchev–Trinajstić information content (AvgIpc) is 3.50. The zero-order valence-corrected chi connectivity index (χ0v) is 25.0. The Bertz CT molecular complexity index is 2480. The van der Waals surface area contributed by atoms with Gasteiger partial charge in [-0.05, 0) is 91.1 Å². The zero-order chi connectivity index (χ0) is 31.0. The van der Waals surface area contributed by atoms with Crippen LogP contribution in [0.25, 0.3) is 71.0 Å². The second-order valence-corrected chi connectivity index (χ2v) is 11.8. The van der Waals surface area contributed by atoms with Crippen LogP contribution in [0.4, 0.5) is 14.5 Å². The molecule has 45 heavy (non-hydrogen) atoms. The van der Waals surface area contributed by atoms with Gasteiger partial charge in [0.2, 0.25) is 5.69 Å². The van der Waals surface area contributed by atoms with E-state index in [9.17, 15) is 8.78 Å². The van der Waals surface area contributed by atoms with Gasteiger partial charge in [0.1, 0.15) is 11.6 Å². The minimum absolute atomic E-state index is 0.367. The molecule has 0 saturated heterocycles. The van der Waals surface area contributed by atoms with Gasteiger partial charge in [0, 0.05) is 27.6 Å². The second kappa shape index (κ2) is 9.90. The van der Waals surface area contributed by atoms with Crippen LogP contribution >= 0.6 is 0 Å². The van der Waals surface area contributed by atoms with E-state index in [1.807, 2.05) is 37.3 Å². The van der Waals surface area contributed by atoms with Crippen LogP contribution in [-0.4, -0.2) is 9.13 Å². The summed E-state index contributed by atoms with van der Waals surface area (Å²) in [6.45, 7) is 14.9. The van der Waals surface area contributed by atoms with Crippen LogP contribution in [0.2, 0.25) is 0 Å². The van der Waals surface area contributed by atoms with Crippen LogP contribution in [0, 0.1) is 39.0 Å². The molecule has 0 unspecified atom stereocenters. The molecule has 6 aromatic carbocycles. The van der Waals surface area contributed by atoms with E-state index in [4.69, 9.17) is 6.57 Å². The smallest absolute Gasteiger partial charge is 0.234 e. The lowest BCUT2D eigenvalue weighted by Crippen LogP contribution is -2.03. The third-order valence-electron chi connectivity index (χ3n) is 8.79. The molecule has 0 amide bonds. The van der Waals surface area contributed by atoms with Crippen molar-refractivity contribution in [2.24, 2.45) is 0 Å². The van der Waals surface area contributed by atoms with Gasteiger partial charge in [0.25, 0.3) is 0 Å². The topological polar surface area (TPSA) is 14.2 Å². The normalized spacial score (nSPS) is 11.6. The van der Waals surface area contributed by atoms with E-state index in [2.05, 4.69) is 88.5 Å². The van der Waals surface area contributed by atoms with Crippen LogP contribution in [0.5, 0.6) is 0 Å². The maximum absolute atomic E-state index is 14.7. The lowest BCUT2D eigenvalue weighted by Gasteiger charge is -2.20. The van der Waals surface area contributed by atoms with Crippen molar-refractivity contribution in [2.75, 3.05) is 0 Å². The summed E-state index contributed by atoms with van der Waals surface area (Å²) in [6, 6.07) is 34.5. The maximum atomic E-state index is 14.7. The molecule has 0 aliphatic rings. The highest BCUT2D eigenvalue weighted by Crippen LogP contribution is 2.46. The molecule has 8 aromatic rings. The maximum Gasteiger partial charge on any atom is 0.234 e. The third kappa shape index (κ3) is 4.07. The molecule has 0 aliphatic carbocycles. The van der Waals surface area contributed by atoms with Gasteiger partial charge in [-0.25, -0.2) is 13.6 Å². The number of nitrogens with zero attached hydrogens (tertiary/aromatic N) is 3. The Morgan fingerprint density at radius 2 is 1.04 bits per heavy atom. The van der Waals surface area contributed by atoms with Crippen molar-refractivity contribution in [3.63, 3.8) is 0 Å². The second-order valence-electron chi connectivity index (χ2n) is 11.8. The van der Waals surface area contributed by atoms with Crippen LogP contribution in [0.3, 0.4) is 0 Å². The fraction of sp³-hybridized carbons (Fsp3) is 0.0750. The minimum Gasteiger partial charge on any atom is -0.319 e. The highest BCUT2D eigenvalue weighted by Gasteiger charge is 2.24. The number of aromatic nitrogens is 2. The van der Waals surface area contributed by atoms with Gasteiger partial charge in [0.15, 0.2) is 0 Å². The molecule has 0 bridgehead atoms. The first-order valence-electron chi connectivity index (χ1n) is 14.9. The van der Waals surface area contributed by atoms with E-state index >= 15 is 0 Å². The van der Waals surface area contributed by atoms with Gasteiger partial charge < -0.3 is 9.13 Å². The van der Waals surface area contributed by atoms with E-state index in [0.29, 0.717) is 28.2 Å². The minimum atomic E-state index is -0.671. The number of rotatable bonds is 3. The number of fused-ring (bicyclic) bond motifs is 6.